The fourth-order valence-corrected chi connectivity index (χ4v) is 4.28. The van der Waals surface area contributed by atoms with Crippen molar-refractivity contribution >= 4 is 11.7 Å². The summed E-state index contributed by atoms with van der Waals surface area (Å²) in [6.45, 7) is 1.71. The SMILES string of the molecule is O=C(NC1CCCCCC1)C1CCN(c2ccc(-c3ccncc3)nn2)CC1. The maximum atomic E-state index is 12.7. The number of anilines is 1. The van der Waals surface area contributed by atoms with Crippen LogP contribution in [-0.4, -0.2) is 40.2 Å². The minimum Gasteiger partial charge on any atom is -0.355 e. The fraction of sp³-hybridized carbons (Fsp3) is 0.545. The summed E-state index contributed by atoms with van der Waals surface area (Å²) in [4.78, 5) is 18.9. The number of carbonyl (C=O) groups is 1. The van der Waals surface area contributed by atoms with E-state index < -0.39 is 0 Å². The van der Waals surface area contributed by atoms with Gasteiger partial charge in [-0.05, 0) is 49.9 Å². The number of carbonyl (C=O) groups excluding carboxylic acids is 1. The van der Waals surface area contributed by atoms with Crippen LogP contribution in [0.5, 0.6) is 0 Å². The molecule has 0 radical (unpaired) electrons. The van der Waals surface area contributed by atoms with Crippen LogP contribution in [0.2, 0.25) is 0 Å². The average molecular weight is 380 g/mol. The first kappa shape index (κ1) is 18.8. The van der Waals surface area contributed by atoms with Crippen molar-refractivity contribution in [1.82, 2.24) is 20.5 Å². The lowest BCUT2D eigenvalue weighted by Crippen LogP contribution is -2.44. The molecule has 2 aliphatic rings. The molecule has 0 bridgehead atoms. The first-order valence-electron chi connectivity index (χ1n) is 10.6. The van der Waals surface area contributed by atoms with Crippen LogP contribution in [-0.2, 0) is 4.79 Å². The summed E-state index contributed by atoms with van der Waals surface area (Å²) in [5.74, 6) is 1.27. The summed E-state index contributed by atoms with van der Waals surface area (Å²) in [5.41, 5.74) is 1.87. The molecule has 1 saturated heterocycles. The maximum Gasteiger partial charge on any atom is 0.223 e. The van der Waals surface area contributed by atoms with Crippen molar-refractivity contribution in [3.63, 3.8) is 0 Å². The van der Waals surface area contributed by atoms with Crippen molar-refractivity contribution in [3.8, 4) is 11.3 Å². The predicted molar refractivity (Wildman–Crippen MR) is 110 cm³/mol. The molecule has 0 spiro atoms. The molecule has 1 amide bonds. The second kappa shape index (κ2) is 9.13. The van der Waals surface area contributed by atoms with Crippen LogP contribution in [0, 0.1) is 5.92 Å². The Balaban J connectivity index is 1.29. The third kappa shape index (κ3) is 4.66. The van der Waals surface area contributed by atoms with Crippen molar-refractivity contribution in [2.45, 2.75) is 57.4 Å². The van der Waals surface area contributed by atoms with Crippen LogP contribution in [0.15, 0.2) is 36.7 Å². The lowest BCUT2D eigenvalue weighted by Gasteiger charge is -2.32. The van der Waals surface area contributed by atoms with Gasteiger partial charge in [0.25, 0.3) is 0 Å². The van der Waals surface area contributed by atoms with E-state index in [1.807, 2.05) is 24.3 Å². The van der Waals surface area contributed by atoms with Gasteiger partial charge in [0.1, 0.15) is 0 Å². The molecule has 28 heavy (non-hydrogen) atoms. The van der Waals surface area contributed by atoms with Crippen LogP contribution >= 0.6 is 0 Å². The van der Waals surface area contributed by atoms with Gasteiger partial charge in [0, 0.05) is 43.0 Å². The number of hydrogen-bond acceptors (Lipinski definition) is 5. The summed E-state index contributed by atoms with van der Waals surface area (Å²) in [6.07, 6.45) is 12.7. The Labute approximate surface area is 166 Å². The highest BCUT2D eigenvalue weighted by Crippen LogP contribution is 2.24. The Morgan fingerprint density at radius 3 is 2.25 bits per heavy atom. The second-order valence-electron chi connectivity index (χ2n) is 7.97. The molecule has 0 unspecified atom stereocenters. The zero-order valence-electron chi connectivity index (χ0n) is 16.4. The minimum absolute atomic E-state index is 0.128. The Morgan fingerprint density at radius 1 is 0.893 bits per heavy atom. The minimum atomic E-state index is 0.128. The summed E-state index contributed by atoms with van der Waals surface area (Å²) in [7, 11) is 0. The molecular weight excluding hydrogens is 350 g/mol. The van der Waals surface area contributed by atoms with Crippen LogP contribution in [0.1, 0.15) is 51.4 Å². The quantitative estimate of drug-likeness (QED) is 0.822. The molecule has 4 rings (SSSR count). The van der Waals surface area contributed by atoms with Crippen molar-refractivity contribution in [2.75, 3.05) is 18.0 Å². The number of hydrogen-bond donors (Lipinski definition) is 1. The molecule has 0 aromatic carbocycles. The first-order chi connectivity index (χ1) is 13.8. The number of aromatic nitrogens is 3. The molecule has 2 fully saturated rings. The molecule has 1 aliphatic carbocycles. The number of rotatable bonds is 4. The van der Waals surface area contributed by atoms with E-state index in [1.165, 1.54) is 25.7 Å². The van der Waals surface area contributed by atoms with Gasteiger partial charge in [-0.2, -0.15) is 0 Å². The molecule has 3 heterocycles. The van der Waals surface area contributed by atoms with E-state index >= 15 is 0 Å². The zero-order valence-corrected chi connectivity index (χ0v) is 16.4. The van der Waals surface area contributed by atoms with Crippen molar-refractivity contribution < 1.29 is 4.79 Å². The van der Waals surface area contributed by atoms with Crippen molar-refractivity contribution in [1.29, 1.82) is 0 Å². The second-order valence-corrected chi connectivity index (χ2v) is 7.97. The highest BCUT2D eigenvalue weighted by molar-refractivity contribution is 5.79. The number of pyridine rings is 1. The van der Waals surface area contributed by atoms with E-state index in [0.717, 1.165) is 55.8 Å². The molecule has 2 aromatic heterocycles. The van der Waals surface area contributed by atoms with Gasteiger partial charge < -0.3 is 10.2 Å². The van der Waals surface area contributed by atoms with Gasteiger partial charge in [-0.25, -0.2) is 0 Å². The van der Waals surface area contributed by atoms with Crippen LogP contribution in [0.25, 0.3) is 11.3 Å². The summed E-state index contributed by atoms with van der Waals surface area (Å²) in [5, 5.41) is 12.1. The van der Waals surface area contributed by atoms with Crippen LogP contribution < -0.4 is 10.2 Å². The van der Waals surface area contributed by atoms with E-state index in [1.54, 1.807) is 12.4 Å². The number of piperidine rings is 1. The van der Waals surface area contributed by atoms with Gasteiger partial charge >= 0.3 is 0 Å². The van der Waals surface area contributed by atoms with Gasteiger partial charge in [0.05, 0.1) is 5.69 Å². The molecule has 1 saturated carbocycles. The largest absolute Gasteiger partial charge is 0.355 e. The highest BCUT2D eigenvalue weighted by Gasteiger charge is 2.27. The molecule has 148 valence electrons. The predicted octanol–water partition coefficient (Wildman–Crippen LogP) is 3.59. The van der Waals surface area contributed by atoms with Gasteiger partial charge in [-0.3, -0.25) is 9.78 Å². The Morgan fingerprint density at radius 2 is 1.61 bits per heavy atom. The smallest absolute Gasteiger partial charge is 0.223 e. The number of nitrogens with one attached hydrogen (secondary N) is 1. The highest BCUT2D eigenvalue weighted by atomic mass is 16.1. The molecular formula is C22H29N5O. The van der Waals surface area contributed by atoms with Crippen LogP contribution in [0.4, 0.5) is 5.82 Å². The summed E-state index contributed by atoms with van der Waals surface area (Å²) >= 11 is 0. The molecule has 2 aromatic rings. The lowest BCUT2D eigenvalue weighted by atomic mass is 9.95. The number of amides is 1. The summed E-state index contributed by atoms with van der Waals surface area (Å²) < 4.78 is 0. The Hall–Kier alpha value is -2.50. The topological polar surface area (TPSA) is 71.0 Å². The van der Waals surface area contributed by atoms with Crippen molar-refractivity contribution in [3.05, 3.63) is 36.7 Å². The van der Waals surface area contributed by atoms with E-state index in [-0.39, 0.29) is 11.8 Å². The van der Waals surface area contributed by atoms with E-state index in [0.29, 0.717) is 6.04 Å². The molecule has 6 nitrogen and oxygen atoms in total. The van der Waals surface area contributed by atoms with E-state index in [2.05, 4.69) is 25.4 Å². The maximum absolute atomic E-state index is 12.7. The third-order valence-electron chi connectivity index (χ3n) is 6.02. The Kier molecular flexibility index (Phi) is 6.14. The van der Waals surface area contributed by atoms with Gasteiger partial charge in [0.2, 0.25) is 5.91 Å². The summed E-state index contributed by atoms with van der Waals surface area (Å²) in [6, 6.07) is 8.28. The monoisotopic (exact) mass is 379 g/mol. The standard InChI is InChI=1S/C22H29N5O/c28-22(24-19-5-3-1-2-4-6-19)18-11-15-27(16-12-18)21-8-7-20(25-26-21)17-9-13-23-14-10-17/h7-10,13-14,18-19H,1-6,11-12,15-16H2,(H,24,28). The van der Waals surface area contributed by atoms with E-state index in [4.69, 9.17) is 0 Å². The molecule has 6 heteroatoms. The van der Waals surface area contributed by atoms with Gasteiger partial charge in [0.15, 0.2) is 5.82 Å². The molecule has 1 aliphatic heterocycles. The first-order valence-corrected chi connectivity index (χ1v) is 10.6. The fourth-order valence-electron chi connectivity index (χ4n) is 4.28. The average Bonchev–Trinajstić information content (AvgIpc) is 3.03. The Bertz CT molecular complexity index is 748. The zero-order chi connectivity index (χ0) is 19.2. The molecule has 1 N–H and O–H groups in total. The van der Waals surface area contributed by atoms with Crippen molar-refractivity contribution in [2.24, 2.45) is 5.92 Å². The number of nitrogens with zero attached hydrogens (tertiary/aromatic N) is 4. The van der Waals surface area contributed by atoms with E-state index in [9.17, 15) is 4.79 Å². The lowest BCUT2D eigenvalue weighted by molar-refractivity contribution is -0.126. The van der Waals surface area contributed by atoms with Gasteiger partial charge in [-0.15, -0.1) is 10.2 Å². The normalized spacial score (nSPS) is 19.2. The van der Waals surface area contributed by atoms with Gasteiger partial charge in [-0.1, -0.05) is 25.7 Å². The third-order valence-corrected chi connectivity index (χ3v) is 6.02. The molecule has 0 atom stereocenters. The van der Waals surface area contributed by atoms with Crippen LogP contribution in [0.3, 0.4) is 0 Å².